The van der Waals surface area contributed by atoms with Gasteiger partial charge in [-0.1, -0.05) is 36.4 Å². The Hall–Kier alpha value is -4.20. The highest BCUT2D eigenvalue weighted by atomic mass is 16.5. The summed E-state index contributed by atoms with van der Waals surface area (Å²) in [4.78, 5) is 22.8. The molecule has 4 heterocycles. The first kappa shape index (κ1) is 19.5. The van der Waals surface area contributed by atoms with Gasteiger partial charge in [0.2, 0.25) is 11.9 Å². The fourth-order valence-corrected chi connectivity index (χ4v) is 4.37. The molecule has 33 heavy (non-hydrogen) atoms. The zero-order chi connectivity index (χ0) is 22.2. The zero-order valence-electron chi connectivity index (χ0n) is 17.9. The lowest BCUT2D eigenvalue weighted by atomic mass is 9.99. The number of carbonyl (C=O) groups is 1. The molecule has 0 saturated carbocycles. The molecule has 0 saturated heterocycles. The van der Waals surface area contributed by atoms with Gasteiger partial charge in [0.05, 0.1) is 0 Å². The molecular weight excluding hydrogens is 416 g/mol. The zero-order valence-corrected chi connectivity index (χ0v) is 17.9. The molecule has 2 aromatic heterocycles. The number of amides is 1. The van der Waals surface area contributed by atoms with Crippen LogP contribution in [-0.4, -0.2) is 32.6 Å². The molecule has 0 unspecified atom stereocenters. The van der Waals surface area contributed by atoms with Gasteiger partial charge in [0.15, 0.2) is 5.82 Å². The third-order valence-corrected chi connectivity index (χ3v) is 6.09. The molecule has 0 atom stereocenters. The Labute approximate surface area is 190 Å². The molecule has 164 valence electrons. The fourth-order valence-electron chi connectivity index (χ4n) is 4.37. The van der Waals surface area contributed by atoms with Crippen LogP contribution in [-0.2, 0) is 24.2 Å². The van der Waals surface area contributed by atoms with Crippen molar-refractivity contribution in [3.63, 3.8) is 0 Å². The number of hydrogen-bond acceptors (Lipinski definition) is 6. The first-order chi connectivity index (χ1) is 16.2. The summed E-state index contributed by atoms with van der Waals surface area (Å²) < 4.78 is 6.23. The van der Waals surface area contributed by atoms with Crippen LogP contribution in [0.3, 0.4) is 0 Å². The van der Waals surface area contributed by atoms with Gasteiger partial charge in [-0.3, -0.25) is 9.89 Å². The van der Waals surface area contributed by atoms with Crippen LogP contribution in [0, 0.1) is 0 Å². The second-order valence-electron chi connectivity index (χ2n) is 8.24. The Morgan fingerprint density at radius 2 is 1.88 bits per heavy atom. The normalized spacial score (nSPS) is 14.9. The Morgan fingerprint density at radius 3 is 2.79 bits per heavy atom. The summed E-state index contributed by atoms with van der Waals surface area (Å²) in [5, 5.41) is 10.3. The van der Waals surface area contributed by atoms with E-state index in [1.54, 1.807) is 6.20 Å². The van der Waals surface area contributed by atoms with Crippen LogP contribution in [0.1, 0.15) is 23.1 Å². The van der Waals surface area contributed by atoms with Crippen LogP contribution in [0.15, 0.2) is 60.8 Å². The Kier molecular flexibility index (Phi) is 4.75. The Bertz CT molecular complexity index is 1330. The second kappa shape index (κ2) is 8.05. The maximum Gasteiger partial charge on any atom is 0.245 e. The highest BCUT2D eigenvalue weighted by molar-refractivity contribution is 5.93. The number of nitrogens with zero attached hydrogens (tertiary/aromatic N) is 4. The topological polar surface area (TPSA) is 96.0 Å². The van der Waals surface area contributed by atoms with E-state index in [1.807, 2.05) is 42.5 Å². The van der Waals surface area contributed by atoms with Crippen molar-refractivity contribution in [2.45, 2.75) is 25.8 Å². The van der Waals surface area contributed by atoms with Crippen LogP contribution >= 0.6 is 0 Å². The number of aromatic amines is 1. The predicted octanol–water partition coefficient (Wildman–Crippen LogP) is 4.11. The van der Waals surface area contributed by atoms with Crippen LogP contribution in [0.25, 0.3) is 11.4 Å². The predicted molar refractivity (Wildman–Crippen MR) is 124 cm³/mol. The highest BCUT2D eigenvalue weighted by Crippen LogP contribution is 2.34. The lowest BCUT2D eigenvalue weighted by Gasteiger charge is -2.28. The summed E-state index contributed by atoms with van der Waals surface area (Å²) in [5.74, 6) is 3.54. The van der Waals surface area contributed by atoms with E-state index < -0.39 is 0 Å². The van der Waals surface area contributed by atoms with Crippen LogP contribution in [0.5, 0.6) is 11.5 Å². The number of fused-ring (bicyclic) bond motifs is 2. The number of H-pyrrole nitrogens is 1. The highest BCUT2D eigenvalue weighted by Gasteiger charge is 2.22. The van der Waals surface area contributed by atoms with Crippen LogP contribution < -0.4 is 15.0 Å². The van der Waals surface area contributed by atoms with Gasteiger partial charge in [-0.2, -0.15) is 4.98 Å². The molecule has 0 fully saturated rings. The molecule has 2 aliphatic rings. The standard InChI is InChI=1S/C25H22N6O2/c32-22-9-8-20-21(10-12-26-24(20)27-22)33-19-7-6-16-11-13-31(15-18(16)14-19)25-28-23(29-30-25)17-4-2-1-3-5-17/h1-7,10,12,14H,8-9,11,13,15H2,(H,26,27,32)(H,28,29,30). The molecule has 8 heteroatoms. The number of carbonyl (C=O) groups excluding carboxylic acids is 1. The minimum Gasteiger partial charge on any atom is -0.457 e. The van der Waals surface area contributed by atoms with Gasteiger partial charge in [0.25, 0.3) is 0 Å². The number of benzene rings is 2. The van der Waals surface area contributed by atoms with Crippen molar-refractivity contribution >= 4 is 17.7 Å². The lowest BCUT2D eigenvalue weighted by molar-refractivity contribution is -0.116. The van der Waals surface area contributed by atoms with Crippen molar-refractivity contribution in [3.05, 3.63) is 77.5 Å². The van der Waals surface area contributed by atoms with Gasteiger partial charge < -0.3 is 15.0 Å². The number of nitrogens with one attached hydrogen (secondary N) is 2. The first-order valence-corrected chi connectivity index (χ1v) is 11.0. The van der Waals surface area contributed by atoms with E-state index in [4.69, 9.17) is 9.72 Å². The van der Waals surface area contributed by atoms with Crippen molar-refractivity contribution in [3.8, 4) is 22.9 Å². The number of hydrogen-bond donors (Lipinski definition) is 2. The van der Waals surface area contributed by atoms with Crippen molar-refractivity contribution in [1.29, 1.82) is 0 Å². The van der Waals surface area contributed by atoms with Gasteiger partial charge in [-0.25, -0.2) is 4.98 Å². The maximum absolute atomic E-state index is 11.7. The summed E-state index contributed by atoms with van der Waals surface area (Å²) in [7, 11) is 0. The average molecular weight is 438 g/mol. The molecule has 2 aliphatic heterocycles. The third-order valence-electron chi connectivity index (χ3n) is 6.09. The summed E-state index contributed by atoms with van der Waals surface area (Å²) >= 11 is 0. The average Bonchev–Trinajstić information content (AvgIpc) is 3.35. The summed E-state index contributed by atoms with van der Waals surface area (Å²) in [6.07, 6.45) is 3.64. The minimum atomic E-state index is -0.0107. The van der Waals surface area contributed by atoms with E-state index >= 15 is 0 Å². The van der Waals surface area contributed by atoms with E-state index in [-0.39, 0.29) is 5.91 Å². The molecule has 8 nitrogen and oxygen atoms in total. The minimum absolute atomic E-state index is 0.0107. The fraction of sp³-hybridized carbons (Fsp3) is 0.200. The second-order valence-corrected chi connectivity index (χ2v) is 8.24. The van der Waals surface area contributed by atoms with E-state index in [1.165, 1.54) is 11.1 Å². The summed E-state index contributed by atoms with van der Waals surface area (Å²) in [6.45, 7) is 1.57. The molecule has 2 N–H and O–H groups in total. The van der Waals surface area contributed by atoms with Crippen molar-refractivity contribution < 1.29 is 9.53 Å². The number of rotatable bonds is 4. The number of aromatic nitrogens is 4. The number of anilines is 2. The Morgan fingerprint density at radius 1 is 0.970 bits per heavy atom. The van der Waals surface area contributed by atoms with E-state index in [0.29, 0.717) is 31.2 Å². The van der Waals surface area contributed by atoms with E-state index in [2.05, 4.69) is 37.5 Å². The summed E-state index contributed by atoms with van der Waals surface area (Å²) in [5.41, 5.74) is 4.45. The molecule has 0 spiro atoms. The number of pyridine rings is 1. The van der Waals surface area contributed by atoms with Gasteiger partial charge in [0.1, 0.15) is 17.3 Å². The smallest absolute Gasteiger partial charge is 0.245 e. The lowest BCUT2D eigenvalue weighted by Crippen LogP contribution is -2.31. The molecule has 2 aromatic carbocycles. The summed E-state index contributed by atoms with van der Waals surface area (Å²) in [6, 6.07) is 18.1. The molecule has 1 amide bonds. The van der Waals surface area contributed by atoms with Crippen LogP contribution in [0.2, 0.25) is 0 Å². The Balaban J connectivity index is 1.23. The third kappa shape index (κ3) is 3.80. The molecule has 6 rings (SSSR count). The van der Waals surface area contributed by atoms with E-state index in [0.717, 1.165) is 41.4 Å². The molecule has 0 radical (unpaired) electrons. The van der Waals surface area contributed by atoms with E-state index in [9.17, 15) is 4.79 Å². The quantitative estimate of drug-likeness (QED) is 0.498. The largest absolute Gasteiger partial charge is 0.457 e. The monoisotopic (exact) mass is 438 g/mol. The van der Waals surface area contributed by atoms with Crippen molar-refractivity contribution in [2.24, 2.45) is 0 Å². The SMILES string of the molecule is O=C1CCc2c(Oc3ccc4c(c3)CN(c3n[nH]c(-c5ccccc5)n3)CC4)ccnc2N1. The number of ether oxygens (including phenoxy) is 1. The van der Waals surface area contributed by atoms with Crippen molar-refractivity contribution in [2.75, 3.05) is 16.8 Å². The first-order valence-electron chi connectivity index (χ1n) is 11.0. The van der Waals surface area contributed by atoms with Gasteiger partial charge in [0, 0.05) is 36.8 Å². The molecular formula is C25H22N6O2. The van der Waals surface area contributed by atoms with Crippen molar-refractivity contribution in [1.82, 2.24) is 20.2 Å². The van der Waals surface area contributed by atoms with Crippen LogP contribution in [0.4, 0.5) is 11.8 Å². The molecule has 0 bridgehead atoms. The molecule has 4 aromatic rings. The van der Waals surface area contributed by atoms with Gasteiger partial charge in [-0.05, 0) is 42.2 Å². The molecule has 0 aliphatic carbocycles. The maximum atomic E-state index is 11.7. The van der Waals surface area contributed by atoms with Gasteiger partial charge >= 0.3 is 0 Å². The van der Waals surface area contributed by atoms with Gasteiger partial charge in [-0.15, -0.1) is 5.10 Å².